The van der Waals surface area contributed by atoms with Crippen LogP contribution in [0.1, 0.15) is 57.6 Å². The van der Waals surface area contributed by atoms with Gasteiger partial charge < -0.3 is 18.8 Å². The SMILES string of the molecule is CC(C)=CC[C@H]1O[C@]1(C)[C@H]1C[C@H](OCCP(=O)(c2ccc(C)cc2)c2ccc(C)cc2)CC[C@]12CO2. The molecule has 0 radical (unpaired) electrons. The van der Waals surface area contributed by atoms with E-state index in [2.05, 4.69) is 65.0 Å². The summed E-state index contributed by atoms with van der Waals surface area (Å²) in [6.07, 6.45) is 7.13. The lowest BCUT2D eigenvalue weighted by Crippen LogP contribution is -2.44. The van der Waals surface area contributed by atoms with E-state index in [9.17, 15) is 4.57 Å². The number of aryl methyl sites for hydroxylation is 2. The number of allylic oxidation sites excluding steroid dienone is 1. The summed E-state index contributed by atoms with van der Waals surface area (Å²) in [6.45, 7) is 12.0. The number of ether oxygens (including phenoxy) is 3. The van der Waals surface area contributed by atoms with Gasteiger partial charge in [-0.05, 0) is 60.3 Å². The minimum absolute atomic E-state index is 0.0204. The Morgan fingerprint density at radius 3 is 2.17 bits per heavy atom. The molecule has 2 heterocycles. The molecule has 36 heavy (non-hydrogen) atoms. The molecule has 194 valence electrons. The summed E-state index contributed by atoms with van der Waals surface area (Å²) in [5.41, 5.74) is 3.53. The summed E-state index contributed by atoms with van der Waals surface area (Å²) in [5.74, 6) is 0.348. The molecule has 5 rings (SSSR count). The molecule has 0 amide bonds. The third-order valence-corrected chi connectivity index (χ3v) is 11.7. The van der Waals surface area contributed by atoms with Gasteiger partial charge in [-0.25, -0.2) is 0 Å². The van der Waals surface area contributed by atoms with E-state index in [4.69, 9.17) is 14.2 Å². The van der Waals surface area contributed by atoms with Crippen molar-refractivity contribution in [3.8, 4) is 0 Å². The fourth-order valence-corrected chi connectivity index (χ4v) is 8.49. The normalized spacial score (nSPS) is 31.3. The lowest BCUT2D eigenvalue weighted by molar-refractivity contribution is -0.0254. The molecule has 1 saturated carbocycles. The lowest BCUT2D eigenvalue weighted by atomic mass is 9.70. The van der Waals surface area contributed by atoms with E-state index in [1.165, 1.54) is 16.7 Å². The van der Waals surface area contributed by atoms with Crippen molar-refractivity contribution in [2.45, 2.75) is 83.7 Å². The second-order valence-corrected chi connectivity index (χ2v) is 14.6. The molecule has 2 aromatic carbocycles. The predicted molar refractivity (Wildman–Crippen MR) is 147 cm³/mol. The average Bonchev–Trinajstić information content (AvgIpc) is 3.77. The van der Waals surface area contributed by atoms with E-state index in [0.717, 1.165) is 42.9 Å². The Morgan fingerprint density at radius 1 is 1.06 bits per heavy atom. The Morgan fingerprint density at radius 2 is 1.64 bits per heavy atom. The molecule has 3 aliphatic rings. The van der Waals surface area contributed by atoms with Gasteiger partial charge in [0.15, 0.2) is 0 Å². The van der Waals surface area contributed by atoms with Gasteiger partial charge in [-0.15, -0.1) is 0 Å². The molecule has 2 aliphatic heterocycles. The van der Waals surface area contributed by atoms with E-state index in [0.29, 0.717) is 18.7 Å². The van der Waals surface area contributed by atoms with Gasteiger partial charge in [0, 0.05) is 22.7 Å². The highest BCUT2D eigenvalue weighted by Gasteiger charge is 2.68. The first-order valence-corrected chi connectivity index (χ1v) is 15.3. The van der Waals surface area contributed by atoms with Gasteiger partial charge in [-0.3, -0.25) is 0 Å². The van der Waals surface area contributed by atoms with Crippen molar-refractivity contribution in [1.82, 2.24) is 0 Å². The first kappa shape index (κ1) is 25.9. The summed E-state index contributed by atoms with van der Waals surface area (Å²) < 4.78 is 33.3. The van der Waals surface area contributed by atoms with E-state index in [1.54, 1.807) is 0 Å². The summed E-state index contributed by atoms with van der Waals surface area (Å²) in [4.78, 5) is 0. The van der Waals surface area contributed by atoms with Gasteiger partial charge in [-0.1, -0.05) is 71.3 Å². The zero-order chi connectivity index (χ0) is 25.6. The number of benzene rings is 2. The van der Waals surface area contributed by atoms with Crippen LogP contribution in [0.4, 0.5) is 0 Å². The quantitative estimate of drug-likeness (QED) is 0.234. The first-order valence-electron chi connectivity index (χ1n) is 13.4. The van der Waals surface area contributed by atoms with Crippen molar-refractivity contribution in [2.24, 2.45) is 5.92 Å². The Labute approximate surface area is 216 Å². The van der Waals surface area contributed by atoms with Crippen LogP contribution in [-0.2, 0) is 18.8 Å². The van der Waals surface area contributed by atoms with E-state index < -0.39 is 7.14 Å². The Kier molecular flexibility index (Phi) is 7.11. The Bertz CT molecular complexity index is 1090. The lowest BCUT2D eigenvalue weighted by Gasteiger charge is -2.37. The highest BCUT2D eigenvalue weighted by Crippen LogP contribution is 2.59. The van der Waals surface area contributed by atoms with Crippen LogP contribution in [-0.4, -0.2) is 42.8 Å². The highest BCUT2D eigenvalue weighted by atomic mass is 31.2. The maximum atomic E-state index is 14.5. The second-order valence-electron chi connectivity index (χ2n) is 11.6. The van der Waals surface area contributed by atoms with E-state index >= 15 is 0 Å². The van der Waals surface area contributed by atoms with Crippen LogP contribution in [0, 0.1) is 19.8 Å². The molecular formula is C31H41O4P. The van der Waals surface area contributed by atoms with Crippen molar-refractivity contribution >= 4 is 17.8 Å². The monoisotopic (exact) mass is 508 g/mol. The number of epoxide rings is 2. The molecule has 0 bridgehead atoms. The second kappa shape index (κ2) is 9.87. The zero-order valence-electron chi connectivity index (χ0n) is 22.5. The maximum absolute atomic E-state index is 14.5. The van der Waals surface area contributed by atoms with E-state index in [-0.39, 0.29) is 23.4 Å². The Hall–Kier alpha value is -1.71. The summed E-state index contributed by atoms with van der Waals surface area (Å²) in [6, 6.07) is 16.3. The van der Waals surface area contributed by atoms with Gasteiger partial charge in [0.2, 0.25) is 0 Å². The van der Waals surface area contributed by atoms with Crippen molar-refractivity contribution in [2.75, 3.05) is 19.4 Å². The molecule has 4 nitrogen and oxygen atoms in total. The molecular weight excluding hydrogens is 467 g/mol. The van der Waals surface area contributed by atoms with E-state index in [1.807, 2.05) is 24.3 Å². The topological polar surface area (TPSA) is 51.4 Å². The molecule has 1 aliphatic carbocycles. The van der Waals surface area contributed by atoms with Crippen LogP contribution in [0.15, 0.2) is 60.2 Å². The van der Waals surface area contributed by atoms with Crippen LogP contribution in [0.3, 0.4) is 0 Å². The van der Waals surface area contributed by atoms with Crippen LogP contribution in [0.2, 0.25) is 0 Å². The largest absolute Gasteiger partial charge is 0.378 e. The maximum Gasteiger partial charge on any atom is 0.145 e. The van der Waals surface area contributed by atoms with Crippen LogP contribution >= 0.6 is 7.14 Å². The standard InChI is InChI=1S/C31H41O4P/c1-22(2)6-15-29-30(5,35-29)28-20-25(16-17-31(28)21-34-31)33-18-19-36(32,26-11-7-23(3)8-12-26)27-13-9-24(4)10-14-27/h6-14,25,28-29H,15-21H2,1-5H3/t25-,28-,29-,30-,31+/m1/s1. The molecule has 5 heteroatoms. The van der Waals surface area contributed by atoms with Crippen LogP contribution in [0.25, 0.3) is 0 Å². The molecule has 0 N–H and O–H groups in total. The molecule has 1 spiro atoms. The van der Waals surface area contributed by atoms with Crippen LogP contribution in [0.5, 0.6) is 0 Å². The third kappa shape index (κ3) is 5.16. The fourth-order valence-electron chi connectivity index (χ4n) is 6.05. The summed E-state index contributed by atoms with van der Waals surface area (Å²) in [7, 11) is -2.79. The molecule has 2 aromatic rings. The van der Waals surface area contributed by atoms with Gasteiger partial charge >= 0.3 is 0 Å². The summed E-state index contributed by atoms with van der Waals surface area (Å²) in [5, 5.41) is 1.82. The number of hydrogen-bond acceptors (Lipinski definition) is 4. The number of hydrogen-bond donors (Lipinski definition) is 0. The first-order chi connectivity index (χ1) is 17.1. The van der Waals surface area contributed by atoms with Gasteiger partial charge in [0.05, 0.1) is 36.6 Å². The molecule has 5 atom stereocenters. The predicted octanol–water partition coefficient (Wildman–Crippen LogP) is 6.09. The number of rotatable bonds is 9. The highest BCUT2D eigenvalue weighted by molar-refractivity contribution is 7.78. The molecule has 0 aromatic heterocycles. The summed E-state index contributed by atoms with van der Waals surface area (Å²) >= 11 is 0. The average molecular weight is 509 g/mol. The minimum Gasteiger partial charge on any atom is -0.378 e. The van der Waals surface area contributed by atoms with Crippen molar-refractivity contribution in [3.05, 3.63) is 71.3 Å². The molecule has 3 fully saturated rings. The fraction of sp³-hybridized carbons (Fsp3) is 0.548. The van der Waals surface area contributed by atoms with Crippen LogP contribution < -0.4 is 10.6 Å². The minimum atomic E-state index is -2.79. The van der Waals surface area contributed by atoms with Gasteiger partial charge in [0.25, 0.3) is 0 Å². The molecule has 2 saturated heterocycles. The van der Waals surface area contributed by atoms with Crippen molar-refractivity contribution in [3.63, 3.8) is 0 Å². The third-order valence-electron chi connectivity index (χ3n) is 8.61. The smallest absolute Gasteiger partial charge is 0.145 e. The van der Waals surface area contributed by atoms with Gasteiger partial charge in [-0.2, -0.15) is 0 Å². The molecule has 0 unspecified atom stereocenters. The van der Waals surface area contributed by atoms with Gasteiger partial charge in [0.1, 0.15) is 7.14 Å². The van der Waals surface area contributed by atoms with Crippen molar-refractivity contribution < 1.29 is 18.8 Å². The van der Waals surface area contributed by atoms with Crippen molar-refractivity contribution in [1.29, 1.82) is 0 Å². The zero-order valence-corrected chi connectivity index (χ0v) is 23.4. The Balaban J connectivity index is 1.26.